The quantitative estimate of drug-likeness (QED) is 0.106. The van der Waals surface area contributed by atoms with E-state index < -0.39 is 0 Å². The van der Waals surface area contributed by atoms with Crippen molar-refractivity contribution >= 4 is 28.0 Å². The van der Waals surface area contributed by atoms with Crippen LogP contribution in [0.3, 0.4) is 0 Å². The summed E-state index contributed by atoms with van der Waals surface area (Å²) in [5, 5.41) is 8.08. The highest BCUT2D eigenvalue weighted by atomic mass is 35.5. The summed E-state index contributed by atoms with van der Waals surface area (Å²) in [7, 11) is -0.116. The van der Waals surface area contributed by atoms with Crippen molar-refractivity contribution in [1.82, 2.24) is 10.6 Å². The van der Waals surface area contributed by atoms with Gasteiger partial charge in [-0.3, -0.25) is 0 Å². The predicted octanol–water partition coefficient (Wildman–Crippen LogP) is 11.3. The van der Waals surface area contributed by atoms with E-state index >= 15 is 0 Å². The number of terminal acetylenes is 1. The molecule has 0 aliphatic heterocycles. The highest BCUT2D eigenvalue weighted by Crippen LogP contribution is 2.31. The van der Waals surface area contributed by atoms with Gasteiger partial charge in [-0.2, -0.15) is 10.5 Å². The molecule has 2 aliphatic carbocycles. The maximum Gasteiger partial charge on any atom is 0.0574 e. The van der Waals surface area contributed by atoms with Crippen LogP contribution in [0.15, 0.2) is 91.1 Å². The Bertz CT molecular complexity index is 1070. The van der Waals surface area contributed by atoms with Gasteiger partial charge in [0.25, 0.3) is 0 Å². The molecule has 1 fully saturated rings. The number of allylic oxidation sites excluding steroid dienone is 6. The average Bonchev–Trinajstić information content (AvgIpc) is 3.31. The molecule has 0 bridgehead atoms. The van der Waals surface area contributed by atoms with E-state index in [1.807, 2.05) is 12.1 Å². The van der Waals surface area contributed by atoms with Crippen molar-refractivity contribution in [2.75, 3.05) is 18.8 Å². The Hall–Kier alpha value is -2.25. The van der Waals surface area contributed by atoms with E-state index in [9.17, 15) is 0 Å². The summed E-state index contributed by atoms with van der Waals surface area (Å²) in [4.78, 5) is 1.25. The Balaban J connectivity index is 0.000000972. The van der Waals surface area contributed by atoms with Crippen LogP contribution < -0.4 is 10.6 Å². The molecule has 250 valence electrons. The van der Waals surface area contributed by atoms with Crippen molar-refractivity contribution in [3.05, 3.63) is 91.2 Å². The molecule has 1 aromatic carbocycles. The van der Waals surface area contributed by atoms with Gasteiger partial charge in [0, 0.05) is 28.6 Å². The lowest BCUT2D eigenvalue weighted by Gasteiger charge is -2.27. The Morgan fingerprint density at radius 2 is 1.60 bits per heavy atom. The van der Waals surface area contributed by atoms with Gasteiger partial charge in [-0.25, -0.2) is 0 Å². The Morgan fingerprint density at radius 1 is 0.978 bits per heavy atom. The summed E-state index contributed by atoms with van der Waals surface area (Å²) in [6.45, 7) is 21.4. The van der Waals surface area contributed by atoms with Crippen LogP contribution in [0, 0.1) is 41.9 Å². The van der Waals surface area contributed by atoms with E-state index in [4.69, 9.17) is 18.0 Å². The third-order valence-electron chi connectivity index (χ3n) is 8.44. The zero-order valence-corrected chi connectivity index (χ0v) is 30.5. The number of rotatable bonds is 16. The standard InChI is InChI=1S/C32H45ClN2S.C7H14.C2H4/c1-7-12-32(27(5)34-22-26(4)16-15-25(2)3)35-23-29(21-28-13-10-8-9-11-14-28)24-36(6)31-19-17-30(33)18-20-31;1-7-5-3-2-4-6-7;1-2/h1,8-11,13-14,17-20,25-26,28-29,32,34-35H,5-6,12,15-16,21-24H2,2-4H3;7H,2-6H2,1H3;1-2H2/t26?,29-,32-,36?;;/m0../s1. The van der Waals surface area contributed by atoms with Gasteiger partial charge in [-0.1, -0.05) is 127 Å². The average molecular weight is 651 g/mol. The van der Waals surface area contributed by atoms with Crippen LogP contribution in [0.4, 0.5) is 0 Å². The van der Waals surface area contributed by atoms with Crippen LogP contribution in [-0.4, -0.2) is 30.8 Å². The van der Waals surface area contributed by atoms with Crippen LogP contribution in [0.2, 0.25) is 5.02 Å². The van der Waals surface area contributed by atoms with Crippen molar-refractivity contribution in [2.45, 2.75) is 96.4 Å². The molecule has 45 heavy (non-hydrogen) atoms. The Morgan fingerprint density at radius 3 is 2.13 bits per heavy atom. The molecule has 1 saturated carbocycles. The monoisotopic (exact) mass is 650 g/mol. The first-order valence-electron chi connectivity index (χ1n) is 17.0. The SMILES string of the molecule is C#CC[C@H](NC[C@H](CC1C=CC=CC=C1)CS(=C)c1ccc(Cl)cc1)C(=C)NCC(C)CCC(C)C.C=C.CC1CCCCC1. The molecule has 0 heterocycles. The third kappa shape index (κ3) is 19.1. The molecular formula is C41H63ClN2S. The highest BCUT2D eigenvalue weighted by molar-refractivity contribution is 8.14. The first-order chi connectivity index (χ1) is 21.7. The molecular weight excluding hydrogens is 588 g/mol. The van der Waals surface area contributed by atoms with E-state index in [0.717, 1.165) is 47.8 Å². The fraction of sp³-hybridized carbons (Fsp3) is 0.537. The minimum atomic E-state index is -0.116. The molecule has 2 N–H and O–H groups in total. The van der Waals surface area contributed by atoms with Gasteiger partial charge < -0.3 is 10.6 Å². The molecule has 4 atom stereocenters. The maximum atomic E-state index is 6.11. The summed E-state index contributed by atoms with van der Waals surface area (Å²) >= 11 is 6.11. The van der Waals surface area contributed by atoms with Crippen LogP contribution >= 0.6 is 22.1 Å². The van der Waals surface area contributed by atoms with Gasteiger partial charge >= 0.3 is 0 Å². The minimum absolute atomic E-state index is 0.0545. The summed E-state index contributed by atoms with van der Waals surface area (Å²) in [6.07, 6.45) is 30.4. The Labute approximate surface area is 285 Å². The van der Waals surface area contributed by atoms with Crippen LogP contribution in [0.1, 0.15) is 85.5 Å². The van der Waals surface area contributed by atoms with Crippen LogP contribution in [-0.2, 0) is 0 Å². The summed E-state index contributed by atoms with van der Waals surface area (Å²) in [5.41, 5.74) is 0.993. The van der Waals surface area contributed by atoms with Gasteiger partial charge in [0.05, 0.1) is 6.04 Å². The molecule has 2 unspecified atom stereocenters. The summed E-state index contributed by atoms with van der Waals surface area (Å²) < 4.78 is 0. The third-order valence-corrected chi connectivity index (χ3v) is 10.5. The van der Waals surface area contributed by atoms with Crippen molar-refractivity contribution in [1.29, 1.82) is 0 Å². The van der Waals surface area contributed by atoms with Crippen molar-refractivity contribution in [3.63, 3.8) is 0 Å². The van der Waals surface area contributed by atoms with E-state index in [0.29, 0.717) is 24.2 Å². The number of nitrogens with one attached hydrogen (secondary N) is 2. The second-order valence-electron chi connectivity index (χ2n) is 13.1. The molecule has 0 radical (unpaired) electrons. The topological polar surface area (TPSA) is 24.1 Å². The first kappa shape index (κ1) is 40.8. The van der Waals surface area contributed by atoms with Gasteiger partial charge in [0.15, 0.2) is 0 Å². The van der Waals surface area contributed by atoms with E-state index in [-0.39, 0.29) is 16.5 Å². The van der Waals surface area contributed by atoms with Gasteiger partial charge in [0.1, 0.15) is 0 Å². The van der Waals surface area contributed by atoms with Crippen molar-refractivity contribution < 1.29 is 0 Å². The lowest BCUT2D eigenvalue weighted by molar-refractivity contribution is 0.385. The summed E-state index contributed by atoms with van der Waals surface area (Å²) in [6, 6.07) is 8.17. The lowest BCUT2D eigenvalue weighted by atomic mass is 9.91. The zero-order valence-electron chi connectivity index (χ0n) is 28.9. The van der Waals surface area contributed by atoms with E-state index in [2.05, 4.69) is 118 Å². The molecule has 2 aliphatic rings. The molecule has 0 saturated heterocycles. The fourth-order valence-corrected chi connectivity index (χ4v) is 7.23. The molecule has 0 spiro atoms. The highest BCUT2D eigenvalue weighted by Gasteiger charge is 2.19. The van der Waals surface area contributed by atoms with Gasteiger partial charge in [-0.15, -0.1) is 25.5 Å². The Kier molecular flexibility index (Phi) is 22.6. The largest absolute Gasteiger partial charge is 0.387 e. The fourth-order valence-electron chi connectivity index (χ4n) is 5.57. The van der Waals surface area contributed by atoms with Crippen molar-refractivity contribution in [2.24, 2.45) is 29.6 Å². The van der Waals surface area contributed by atoms with Gasteiger partial charge in [-0.05, 0) is 79.0 Å². The minimum Gasteiger partial charge on any atom is -0.387 e. The molecule has 4 heteroatoms. The molecule has 1 aromatic rings. The second kappa shape index (κ2) is 24.9. The number of halogens is 1. The number of benzene rings is 1. The number of hydrogen-bond donors (Lipinski definition) is 2. The molecule has 3 rings (SSSR count). The van der Waals surface area contributed by atoms with Crippen LogP contribution in [0.5, 0.6) is 0 Å². The zero-order chi connectivity index (χ0) is 33.5. The number of hydrogen-bond acceptors (Lipinski definition) is 2. The lowest BCUT2D eigenvalue weighted by Crippen LogP contribution is -2.40. The first-order valence-corrected chi connectivity index (χ1v) is 19.0. The normalized spacial score (nSPS) is 17.4. The molecule has 0 amide bonds. The van der Waals surface area contributed by atoms with Crippen LogP contribution in [0.25, 0.3) is 0 Å². The maximum absolute atomic E-state index is 6.11. The van der Waals surface area contributed by atoms with Crippen molar-refractivity contribution in [3.8, 4) is 12.3 Å². The van der Waals surface area contributed by atoms with E-state index in [1.54, 1.807) is 0 Å². The predicted molar refractivity (Wildman–Crippen MR) is 207 cm³/mol. The smallest absolute Gasteiger partial charge is 0.0574 e. The van der Waals surface area contributed by atoms with E-state index in [1.165, 1.54) is 49.8 Å². The second-order valence-corrected chi connectivity index (χ2v) is 15.4. The molecule has 0 aromatic heterocycles. The summed E-state index contributed by atoms with van der Waals surface area (Å²) in [5.74, 6) is 11.6. The van der Waals surface area contributed by atoms with Gasteiger partial charge in [0.2, 0.25) is 0 Å². The molecule has 2 nitrogen and oxygen atoms in total.